The van der Waals surface area contributed by atoms with E-state index < -0.39 is 0 Å². The summed E-state index contributed by atoms with van der Waals surface area (Å²) in [6, 6.07) is 9.77. The van der Waals surface area contributed by atoms with Gasteiger partial charge in [0.1, 0.15) is 5.75 Å². The third kappa shape index (κ3) is 4.41. The lowest BCUT2D eigenvalue weighted by Gasteiger charge is -2.19. The first-order chi connectivity index (χ1) is 12.7. The highest BCUT2D eigenvalue weighted by Crippen LogP contribution is 2.33. The Morgan fingerprint density at radius 1 is 1.42 bits per heavy atom. The third-order valence-corrected chi connectivity index (χ3v) is 5.96. The topological polar surface area (TPSA) is 50.7 Å². The highest BCUT2D eigenvalue weighted by molar-refractivity contribution is 7.14. The van der Waals surface area contributed by atoms with Crippen LogP contribution in [0.5, 0.6) is 5.75 Å². The largest absolute Gasteiger partial charge is 0.496 e. The molecule has 1 aliphatic rings. The van der Waals surface area contributed by atoms with Gasteiger partial charge in [-0.3, -0.25) is 4.79 Å². The number of carbonyl (C=O) groups is 1. The lowest BCUT2D eigenvalue weighted by Crippen LogP contribution is -2.15. The second kappa shape index (κ2) is 8.81. The summed E-state index contributed by atoms with van der Waals surface area (Å²) in [5, 5.41) is 4.01. The SMILES string of the molecule is CC[C@H]1CCc2sc(C(=O)N/N=C\C=C\c3ccccc3OC)cc2C1. The Morgan fingerprint density at radius 2 is 2.27 bits per heavy atom. The van der Waals surface area contributed by atoms with Gasteiger partial charge in [0.25, 0.3) is 5.91 Å². The maximum atomic E-state index is 12.3. The van der Waals surface area contributed by atoms with Gasteiger partial charge >= 0.3 is 0 Å². The van der Waals surface area contributed by atoms with Crippen molar-refractivity contribution in [2.45, 2.75) is 32.6 Å². The van der Waals surface area contributed by atoms with Crippen molar-refractivity contribution in [3.63, 3.8) is 0 Å². The van der Waals surface area contributed by atoms with Crippen molar-refractivity contribution in [1.29, 1.82) is 0 Å². The van der Waals surface area contributed by atoms with Gasteiger partial charge in [0.2, 0.25) is 0 Å². The standard InChI is InChI=1S/C21H24N2O2S/c1-3-15-10-11-19-17(13-15)14-20(26-19)21(24)23-22-12-6-8-16-7-4-5-9-18(16)25-2/h4-9,12,14-15H,3,10-11,13H2,1-2H3,(H,23,24)/b8-6+,22-12-/t15-/m0/s1. The number of allylic oxidation sites excluding steroid dienone is 1. The molecule has 1 aliphatic carbocycles. The Kier molecular flexibility index (Phi) is 6.23. The number of hydrogen-bond donors (Lipinski definition) is 1. The van der Waals surface area contributed by atoms with E-state index in [1.54, 1.807) is 30.7 Å². The number of para-hydroxylation sites is 1. The molecule has 0 unspecified atom stereocenters. The number of methoxy groups -OCH3 is 1. The Morgan fingerprint density at radius 3 is 3.08 bits per heavy atom. The number of rotatable bonds is 6. The van der Waals surface area contributed by atoms with Crippen LogP contribution in [0.15, 0.2) is 41.5 Å². The molecular formula is C21H24N2O2S. The van der Waals surface area contributed by atoms with Crippen molar-refractivity contribution in [2.75, 3.05) is 7.11 Å². The summed E-state index contributed by atoms with van der Waals surface area (Å²) in [7, 11) is 1.64. The van der Waals surface area contributed by atoms with Crippen molar-refractivity contribution in [3.8, 4) is 5.75 Å². The maximum Gasteiger partial charge on any atom is 0.281 e. The fraction of sp³-hybridized carbons (Fsp3) is 0.333. The summed E-state index contributed by atoms with van der Waals surface area (Å²) in [5.74, 6) is 1.42. The number of benzene rings is 1. The molecule has 0 aliphatic heterocycles. The highest BCUT2D eigenvalue weighted by Gasteiger charge is 2.21. The van der Waals surface area contributed by atoms with E-state index in [2.05, 4.69) is 17.5 Å². The van der Waals surface area contributed by atoms with Gasteiger partial charge in [-0.1, -0.05) is 31.5 Å². The molecule has 136 valence electrons. The normalized spacial score (nSPS) is 16.8. The number of ether oxygens (including phenoxy) is 1. The van der Waals surface area contributed by atoms with E-state index in [4.69, 9.17) is 4.74 Å². The number of hydrazone groups is 1. The fourth-order valence-electron chi connectivity index (χ4n) is 3.20. The lowest BCUT2D eigenvalue weighted by atomic mass is 9.87. The molecule has 1 atom stereocenters. The van der Waals surface area contributed by atoms with Gasteiger partial charge in [-0.25, -0.2) is 5.43 Å². The minimum Gasteiger partial charge on any atom is -0.496 e. The van der Waals surface area contributed by atoms with E-state index in [-0.39, 0.29) is 5.91 Å². The summed E-state index contributed by atoms with van der Waals surface area (Å²) < 4.78 is 5.29. The average molecular weight is 369 g/mol. The molecule has 1 N–H and O–H groups in total. The van der Waals surface area contributed by atoms with Gasteiger partial charge in [-0.05, 0) is 55.0 Å². The first-order valence-electron chi connectivity index (χ1n) is 8.96. The maximum absolute atomic E-state index is 12.3. The number of nitrogens with zero attached hydrogens (tertiary/aromatic N) is 1. The monoisotopic (exact) mass is 368 g/mol. The molecule has 0 fully saturated rings. The molecule has 0 saturated carbocycles. The van der Waals surface area contributed by atoms with Crippen molar-refractivity contribution < 1.29 is 9.53 Å². The fourth-order valence-corrected chi connectivity index (χ4v) is 4.30. The number of aryl methyl sites for hydroxylation is 1. The van der Waals surface area contributed by atoms with E-state index in [9.17, 15) is 4.79 Å². The van der Waals surface area contributed by atoms with E-state index in [0.717, 1.165) is 34.9 Å². The molecule has 1 amide bonds. The van der Waals surface area contributed by atoms with E-state index in [0.29, 0.717) is 0 Å². The predicted molar refractivity (Wildman–Crippen MR) is 108 cm³/mol. The zero-order valence-electron chi connectivity index (χ0n) is 15.2. The number of hydrogen-bond acceptors (Lipinski definition) is 4. The van der Waals surface area contributed by atoms with E-state index in [1.165, 1.54) is 23.3 Å². The molecule has 1 aromatic heterocycles. The second-order valence-corrected chi connectivity index (χ2v) is 7.53. The predicted octanol–water partition coefficient (Wildman–Crippen LogP) is 4.70. The van der Waals surface area contributed by atoms with Crippen LogP contribution in [-0.4, -0.2) is 19.2 Å². The van der Waals surface area contributed by atoms with Crippen LogP contribution in [0.25, 0.3) is 6.08 Å². The minimum atomic E-state index is -0.139. The molecule has 26 heavy (non-hydrogen) atoms. The second-order valence-electron chi connectivity index (χ2n) is 6.40. The molecule has 3 rings (SSSR count). The van der Waals surface area contributed by atoms with Crippen LogP contribution in [0, 0.1) is 5.92 Å². The quantitative estimate of drug-likeness (QED) is 0.593. The van der Waals surface area contributed by atoms with Crippen molar-refractivity contribution in [3.05, 3.63) is 57.3 Å². The minimum absolute atomic E-state index is 0.139. The molecular weight excluding hydrogens is 344 g/mol. The number of thiophene rings is 1. The number of carbonyl (C=O) groups excluding carboxylic acids is 1. The first kappa shape index (κ1) is 18.4. The Hall–Kier alpha value is -2.40. The van der Waals surface area contributed by atoms with Crippen molar-refractivity contribution in [2.24, 2.45) is 11.0 Å². The van der Waals surface area contributed by atoms with Crippen LogP contribution < -0.4 is 10.2 Å². The van der Waals surface area contributed by atoms with E-state index in [1.807, 2.05) is 36.4 Å². The average Bonchev–Trinajstić information content (AvgIpc) is 3.11. The molecule has 0 saturated heterocycles. The third-order valence-electron chi connectivity index (χ3n) is 4.73. The number of amides is 1. The highest BCUT2D eigenvalue weighted by atomic mass is 32.1. The van der Waals surface area contributed by atoms with Crippen LogP contribution in [0.2, 0.25) is 0 Å². The molecule has 5 heteroatoms. The molecule has 1 heterocycles. The van der Waals surface area contributed by atoms with Crippen LogP contribution in [0.4, 0.5) is 0 Å². The molecule has 0 spiro atoms. The summed E-state index contributed by atoms with van der Waals surface area (Å²) in [6.07, 6.45) is 9.88. The molecule has 0 radical (unpaired) electrons. The lowest BCUT2D eigenvalue weighted by molar-refractivity contribution is 0.0959. The van der Waals surface area contributed by atoms with Gasteiger partial charge in [-0.15, -0.1) is 11.3 Å². The summed E-state index contributed by atoms with van der Waals surface area (Å²) in [4.78, 5) is 14.4. The Labute approximate surface area is 158 Å². The zero-order chi connectivity index (χ0) is 18.4. The smallest absolute Gasteiger partial charge is 0.281 e. The molecule has 2 aromatic rings. The van der Waals surface area contributed by atoms with Crippen LogP contribution in [0.3, 0.4) is 0 Å². The van der Waals surface area contributed by atoms with Gasteiger partial charge in [0, 0.05) is 16.7 Å². The van der Waals surface area contributed by atoms with E-state index >= 15 is 0 Å². The molecule has 4 nitrogen and oxygen atoms in total. The van der Waals surface area contributed by atoms with Gasteiger partial charge in [0.05, 0.1) is 12.0 Å². The zero-order valence-corrected chi connectivity index (χ0v) is 16.0. The first-order valence-corrected chi connectivity index (χ1v) is 9.77. The van der Waals surface area contributed by atoms with Crippen LogP contribution in [0.1, 0.15) is 45.4 Å². The Balaban J connectivity index is 1.57. The summed E-state index contributed by atoms with van der Waals surface area (Å²) >= 11 is 1.60. The van der Waals surface area contributed by atoms with Crippen molar-refractivity contribution in [1.82, 2.24) is 5.43 Å². The van der Waals surface area contributed by atoms with Crippen molar-refractivity contribution >= 4 is 29.5 Å². The van der Waals surface area contributed by atoms with Gasteiger partial charge in [0.15, 0.2) is 0 Å². The Bertz CT molecular complexity index is 823. The van der Waals surface area contributed by atoms with Crippen LogP contribution >= 0.6 is 11.3 Å². The summed E-state index contributed by atoms with van der Waals surface area (Å²) in [6.45, 7) is 2.24. The van der Waals surface area contributed by atoms with Gasteiger partial charge in [-0.2, -0.15) is 5.10 Å². The van der Waals surface area contributed by atoms with Crippen LogP contribution in [-0.2, 0) is 12.8 Å². The number of fused-ring (bicyclic) bond motifs is 1. The molecule has 1 aromatic carbocycles. The van der Waals surface area contributed by atoms with Gasteiger partial charge < -0.3 is 4.74 Å². The number of nitrogens with one attached hydrogen (secondary N) is 1. The summed E-state index contributed by atoms with van der Waals surface area (Å²) in [5.41, 5.74) is 4.91. The molecule has 0 bridgehead atoms.